The van der Waals surface area contributed by atoms with E-state index in [1.807, 2.05) is 16.8 Å². The third-order valence-corrected chi connectivity index (χ3v) is 5.62. The third-order valence-electron chi connectivity index (χ3n) is 4.94. The van der Waals surface area contributed by atoms with Crippen LogP contribution >= 0.6 is 11.3 Å². The SMILES string of the molecule is O=C(NCc1ccc(F)cc1)C1CCN(Cc2noc(-c3ccsc3)n2)CC1. The molecule has 1 aliphatic heterocycles. The maximum atomic E-state index is 12.9. The predicted octanol–water partition coefficient (Wildman–Crippen LogP) is 3.47. The van der Waals surface area contributed by atoms with Gasteiger partial charge in [-0.05, 0) is 55.1 Å². The molecule has 146 valence electrons. The standard InChI is InChI=1S/C20H21FN4O2S/c21-17-3-1-14(2-4-17)11-22-19(26)15-5-8-25(9-6-15)12-18-23-20(27-24-18)16-7-10-28-13-16/h1-4,7,10,13,15H,5-6,8-9,11-12H2,(H,22,26). The van der Waals surface area contributed by atoms with E-state index >= 15 is 0 Å². The lowest BCUT2D eigenvalue weighted by atomic mass is 9.96. The van der Waals surface area contributed by atoms with Crippen molar-refractivity contribution >= 4 is 17.2 Å². The van der Waals surface area contributed by atoms with Gasteiger partial charge < -0.3 is 9.84 Å². The minimum atomic E-state index is -0.272. The van der Waals surface area contributed by atoms with Gasteiger partial charge in [-0.2, -0.15) is 16.3 Å². The number of halogens is 1. The van der Waals surface area contributed by atoms with Crippen LogP contribution in [0.2, 0.25) is 0 Å². The topological polar surface area (TPSA) is 71.3 Å². The lowest BCUT2D eigenvalue weighted by Gasteiger charge is -2.30. The minimum Gasteiger partial charge on any atom is -0.352 e. The van der Waals surface area contributed by atoms with Crippen molar-refractivity contribution in [2.45, 2.75) is 25.9 Å². The number of benzene rings is 1. The van der Waals surface area contributed by atoms with E-state index in [0.29, 0.717) is 24.8 Å². The van der Waals surface area contributed by atoms with Gasteiger partial charge in [0.05, 0.1) is 12.1 Å². The Labute approximate surface area is 166 Å². The highest BCUT2D eigenvalue weighted by molar-refractivity contribution is 7.08. The molecule has 3 aromatic rings. The van der Waals surface area contributed by atoms with Gasteiger partial charge in [-0.1, -0.05) is 17.3 Å². The van der Waals surface area contributed by atoms with Crippen molar-refractivity contribution in [3.8, 4) is 11.5 Å². The first-order chi connectivity index (χ1) is 13.7. The first kappa shape index (κ1) is 18.8. The van der Waals surface area contributed by atoms with Gasteiger partial charge >= 0.3 is 0 Å². The van der Waals surface area contributed by atoms with Crippen LogP contribution in [-0.2, 0) is 17.9 Å². The molecule has 0 radical (unpaired) electrons. The first-order valence-electron chi connectivity index (χ1n) is 9.27. The molecule has 3 heterocycles. The number of piperidine rings is 1. The van der Waals surface area contributed by atoms with Gasteiger partial charge in [0, 0.05) is 17.8 Å². The van der Waals surface area contributed by atoms with E-state index in [9.17, 15) is 9.18 Å². The number of carbonyl (C=O) groups is 1. The number of likely N-dealkylation sites (tertiary alicyclic amines) is 1. The lowest BCUT2D eigenvalue weighted by molar-refractivity contribution is -0.126. The van der Waals surface area contributed by atoms with Crippen molar-refractivity contribution in [1.82, 2.24) is 20.4 Å². The summed E-state index contributed by atoms with van der Waals surface area (Å²) in [7, 11) is 0. The summed E-state index contributed by atoms with van der Waals surface area (Å²) in [5, 5.41) is 11.0. The fourth-order valence-corrected chi connectivity index (χ4v) is 3.94. The Morgan fingerprint density at radius 3 is 2.75 bits per heavy atom. The molecular weight excluding hydrogens is 379 g/mol. The van der Waals surface area contributed by atoms with Crippen LogP contribution in [-0.4, -0.2) is 34.0 Å². The Balaban J connectivity index is 1.23. The Morgan fingerprint density at radius 2 is 2.04 bits per heavy atom. The van der Waals surface area contributed by atoms with Crippen LogP contribution < -0.4 is 5.32 Å². The van der Waals surface area contributed by atoms with Crippen LogP contribution in [0.4, 0.5) is 4.39 Å². The second-order valence-electron chi connectivity index (χ2n) is 6.92. The Hall–Kier alpha value is -2.58. The summed E-state index contributed by atoms with van der Waals surface area (Å²) in [4.78, 5) is 19.1. The third kappa shape index (κ3) is 4.63. The smallest absolute Gasteiger partial charge is 0.258 e. The molecule has 2 aromatic heterocycles. The largest absolute Gasteiger partial charge is 0.352 e. The molecular formula is C20H21FN4O2S. The molecule has 0 atom stereocenters. The van der Waals surface area contributed by atoms with Crippen LogP contribution in [0, 0.1) is 11.7 Å². The predicted molar refractivity (Wildman–Crippen MR) is 104 cm³/mol. The second kappa shape index (κ2) is 8.62. The highest BCUT2D eigenvalue weighted by Crippen LogP contribution is 2.22. The van der Waals surface area contributed by atoms with Gasteiger partial charge in [-0.15, -0.1) is 0 Å². The molecule has 0 aliphatic carbocycles. The fourth-order valence-electron chi connectivity index (χ4n) is 3.31. The number of amides is 1. The molecule has 0 spiro atoms. The van der Waals surface area contributed by atoms with Crippen molar-refractivity contribution in [3.63, 3.8) is 0 Å². The van der Waals surface area contributed by atoms with Gasteiger partial charge in [0.1, 0.15) is 5.82 Å². The van der Waals surface area contributed by atoms with E-state index in [4.69, 9.17) is 4.52 Å². The monoisotopic (exact) mass is 400 g/mol. The number of thiophene rings is 1. The second-order valence-corrected chi connectivity index (χ2v) is 7.70. The van der Waals surface area contributed by atoms with E-state index in [2.05, 4.69) is 20.4 Å². The van der Waals surface area contributed by atoms with Crippen molar-refractivity contribution in [3.05, 3.63) is 58.3 Å². The van der Waals surface area contributed by atoms with E-state index in [-0.39, 0.29) is 17.6 Å². The molecule has 0 unspecified atom stereocenters. The van der Waals surface area contributed by atoms with Crippen molar-refractivity contribution in [2.75, 3.05) is 13.1 Å². The molecule has 1 fully saturated rings. The summed E-state index contributed by atoms with van der Waals surface area (Å²) in [5.41, 5.74) is 1.84. The molecule has 1 aliphatic rings. The van der Waals surface area contributed by atoms with Crippen LogP contribution in [0.5, 0.6) is 0 Å². The maximum absolute atomic E-state index is 12.9. The quantitative estimate of drug-likeness (QED) is 0.686. The zero-order chi connectivity index (χ0) is 19.3. The maximum Gasteiger partial charge on any atom is 0.258 e. The van der Waals surface area contributed by atoms with Crippen LogP contribution in [0.1, 0.15) is 24.2 Å². The Morgan fingerprint density at radius 1 is 1.25 bits per heavy atom. The van der Waals surface area contributed by atoms with Crippen molar-refractivity contribution in [1.29, 1.82) is 0 Å². The summed E-state index contributed by atoms with van der Waals surface area (Å²) in [6.07, 6.45) is 1.59. The zero-order valence-electron chi connectivity index (χ0n) is 15.3. The molecule has 1 aromatic carbocycles. The van der Waals surface area contributed by atoms with Gasteiger partial charge in [0.25, 0.3) is 5.89 Å². The normalized spacial score (nSPS) is 15.6. The van der Waals surface area contributed by atoms with Gasteiger partial charge in [-0.25, -0.2) is 4.39 Å². The summed E-state index contributed by atoms with van der Waals surface area (Å²) >= 11 is 1.59. The van der Waals surface area contributed by atoms with Crippen LogP contribution in [0.3, 0.4) is 0 Å². The molecule has 1 saturated heterocycles. The molecule has 0 bridgehead atoms. The Kier molecular flexibility index (Phi) is 5.78. The average molecular weight is 400 g/mol. The summed E-state index contributed by atoms with van der Waals surface area (Å²) in [6.45, 7) is 2.68. The fraction of sp³-hybridized carbons (Fsp3) is 0.350. The average Bonchev–Trinajstić information content (AvgIpc) is 3.40. The molecule has 8 heteroatoms. The van der Waals surface area contributed by atoms with Gasteiger partial charge in [0.2, 0.25) is 5.91 Å². The number of aromatic nitrogens is 2. The first-order valence-corrected chi connectivity index (χ1v) is 10.2. The molecule has 4 rings (SSSR count). The van der Waals surface area contributed by atoms with E-state index < -0.39 is 0 Å². The lowest BCUT2D eigenvalue weighted by Crippen LogP contribution is -2.40. The Bertz CT molecular complexity index is 903. The highest BCUT2D eigenvalue weighted by Gasteiger charge is 2.25. The molecule has 1 N–H and O–H groups in total. The molecule has 0 saturated carbocycles. The van der Waals surface area contributed by atoms with E-state index in [1.165, 1.54) is 12.1 Å². The summed E-state index contributed by atoms with van der Waals surface area (Å²) < 4.78 is 18.3. The number of hydrogen-bond acceptors (Lipinski definition) is 6. The van der Waals surface area contributed by atoms with Crippen LogP contribution in [0.15, 0.2) is 45.6 Å². The minimum absolute atomic E-state index is 0.00309. The van der Waals surface area contributed by atoms with Crippen molar-refractivity contribution < 1.29 is 13.7 Å². The van der Waals surface area contributed by atoms with Crippen molar-refractivity contribution in [2.24, 2.45) is 5.92 Å². The number of carbonyl (C=O) groups excluding carboxylic acids is 1. The van der Waals surface area contributed by atoms with Gasteiger partial charge in [-0.3, -0.25) is 9.69 Å². The highest BCUT2D eigenvalue weighted by atomic mass is 32.1. The van der Waals surface area contributed by atoms with Gasteiger partial charge in [0.15, 0.2) is 5.82 Å². The number of rotatable bonds is 6. The molecule has 1 amide bonds. The summed E-state index contributed by atoms with van der Waals surface area (Å²) in [5.74, 6) is 1.00. The number of nitrogens with zero attached hydrogens (tertiary/aromatic N) is 3. The zero-order valence-corrected chi connectivity index (χ0v) is 16.1. The number of nitrogens with one attached hydrogen (secondary N) is 1. The van der Waals surface area contributed by atoms with Crippen LogP contribution in [0.25, 0.3) is 11.5 Å². The van der Waals surface area contributed by atoms with E-state index in [1.54, 1.807) is 23.5 Å². The summed E-state index contributed by atoms with van der Waals surface area (Å²) in [6, 6.07) is 8.14. The number of hydrogen-bond donors (Lipinski definition) is 1. The molecule has 28 heavy (non-hydrogen) atoms. The van der Waals surface area contributed by atoms with E-state index in [0.717, 1.165) is 37.1 Å². The molecule has 6 nitrogen and oxygen atoms in total.